The summed E-state index contributed by atoms with van der Waals surface area (Å²) < 4.78 is 65.0. The van der Waals surface area contributed by atoms with Crippen LogP contribution in [0.1, 0.15) is 11.1 Å². The third-order valence-electron chi connectivity index (χ3n) is 2.69. The fraction of sp³-hybridized carbons (Fsp3) is 0.0714. The molecule has 0 amide bonds. The van der Waals surface area contributed by atoms with Crippen molar-refractivity contribution < 1.29 is 21.6 Å². The molecule has 0 unspecified atom stereocenters. The molecule has 0 aliphatic carbocycles. The van der Waals surface area contributed by atoms with Gasteiger partial charge in [-0.15, -0.1) is 0 Å². The fourth-order valence-electron chi connectivity index (χ4n) is 1.72. The summed E-state index contributed by atoms with van der Waals surface area (Å²) in [6.07, 6.45) is -4.75. The van der Waals surface area contributed by atoms with Gasteiger partial charge in [-0.05, 0) is 36.8 Å². The van der Waals surface area contributed by atoms with Gasteiger partial charge in [0.05, 0.1) is 10.5 Å². The quantitative estimate of drug-likeness (QED) is 0.939. The number of rotatable bonds is 3. The van der Waals surface area contributed by atoms with E-state index in [1.165, 1.54) is 18.2 Å². The van der Waals surface area contributed by atoms with Crippen molar-refractivity contribution in [1.29, 1.82) is 0 Å². The fourth-order valence-corrected chi connectivity index (χ4v) is 3.01. The first-order valence-electron chi connectivity index (χ1n) is 5.81. The van der Waals surface area contributed by atoms with Gasteiger partial charge < -0.3 is 0 Å². The highest BCUT2D eigenvalue weighted by Gasteiger charge is 2.36. The lowest BCUT2D eigenvalue weighted by Crippen LogP contribution is -2.18. The highest BCUT2D eigenvalue weighted by Crippen LogP contribution is 2.34. The Balaban J connectivity index is 2.43. The second-order valence-corrected chi connectivity index (χ2v) is 5.95. The molecule has 0 atom stereocenters. The molecule has 0 aromatic heterocycles. The van der Waals surface area contributed by atoms with E-state index in [9.17, 15) is 21.6 Å². The van der Waals surface area contributed by atoms with Crippen LogP contribution in [0.3, 0.4) is 0 Å². The highest BCUT2D eigenvalue weighted by atomic mass is 32.2. The molecule has 2 aromatic rings. The second-order valence-electron chi connectivity index (χ2n) is 4.30. The van der Waals surface area contributed by atoms with Crippen LogP contribution in [0.4, 0.5) is 18.9 Å². The Morgan fingerprint density at radius 2 is 1.52 bits per heavy atom. The molecule has 0 saturated heterocycles. The second kappa shape index (κ2) is 5.40. The molecule has 2 rings (SSSR count). The number of alkyl halides is 3. The van der Waals surface area contributed by atoms with Crippen molar-refractivity contribution in [2.45, 2.75) is 11.1 Å². The van der Waals surface area contributed by atoms with E-state index >= 15 is 0 Å². The van der Waals surface area contributed by atoms with Crippen LogP contribution in [-0.4, -0.2) is 8.42 Å². The molecule has 7 heteroatoms. The Morgan fingerprint density at radius 1 is 0.952 bits per heavy atom. The molecule has 111 valence electrons. The van der Waals surface area contributed by atoms with Crippen molar-refractivity contribution in [3.05, 3.63) is 66.6 Å². The summed E-state index contributed by atoms with van der Waals surface area (Å²) >= 11 is 0. The molecular formula is C14H11F3NO2S. The number of halogens is 3. The van der Waals surface area contributed by atoms with Crippen LogP contribution in [-0.2, 0) is 16.2 Å². The first-order chi connectivity index (χ1) is 9.70. The average molecular weight is 314 g/mol. The van der Waals surface area contributed by atoms with E-state index in [0.717, 1.165) is 18.2 Å². The maximum atomic E-state index is 12.9. The van der Waals surface area contributed by atoms with Crippen LogP contribution in [0.5, 0.6) is 0 Å². The van der Waals surface area contributed by atoms with Gasteiger partial charge in [0.15, 0.2) is 0 Å². The topological polar surface area (TPSA) is 46.2 Å². The van der Waals surface area contributed by atoms with Gasteiger partial charge in [0.2, 0.25) is 0 Å². The predicted octanol–water partition coefficient (Wildman–Crippen LogP) is 3.69. The summed E-state index contributed by atoms with van der Waals surface area (Å²) in [5.74, 6) is 0. The molecule has 2 aromatic carbocycles. The molecule has 0 spiro atoms. The van der Waals surface area contributed by atoms with Crippen LogP contribution < -0.4 is 4.72 Å². The largest absolute Gasteiger partial charge is 0.417 e. The van der Waals surface area contributed by atoms with Gasteiger partial charge in [-0.25, -0.2) is 8.42 Å². The van der Waals surface area contributed by atoms with Gasteiger partial charge in [-0.2, -0.15) is 13.2 Å². The lowest BCUT2D eigenvalue weighted by Gasteiger charge is -2.14. The molecule has 3 nitrogen and oxygen atoms in total. The lowest BCUT2D eigenvalue weighted by atomic mass is 10.2. The van der Waals surface area contributed by atoms with Crippen molar-refractivity contribution in [2.24, 2.45) is 0 Å². The molecule has 0 fully saturated rings. The zero-order valence-corrected chi connectivity index (χ0v) is 11.5. The Morgan fingerprint density at radius 3 is 2.10 bits per heavy atom. The minimum atomic E-state index is -4.75. The Kier molecular flexibility index (Phi) is 3.95. The van der Waals surface area contributed by atoms with E-state index in [0.29, 0.717) is 5.56 Å². The summed E-state index contributed by atoms with van der Waals surface area (Å²) in [5, 5.41) is 0. The zero-order chi connectivity index (χ0) is 15.7. The van der Waals surface area contributed by atoms with E-state index in [4.69, 9.17) is 0 Å². The number of benzene rings is 2. The summed E-state index contributed by atoms with van der Waals surface area (Å²) in [4.78, 5) is -0.809. The minimum Gasteiger partial charge on any atom is -0.280 e. The van der Waals surface area contributed by atoms with Crippen LogP contribution in [0.25, 0.3) is 0 Å². The van der Waals surface area contributed by atoms with E-state index in [-0.39, 0.29) is 5.69 Å². The van der Waals surface area contributed by atoms with E-state index in [1.807, 2.05) is 0 Å². The highest BCUT2D eigenvalue weighted by molar-refractivity contribution is 7.92. The number of hydrogen-bond acceptors (Lipinski definition) is 2. The van der Waals surface area contributed by atoms with Crippen LogP contribution in [0.2, 0.25) is 0 Å². The van der Waals surface area contributed by atoms with Crippen molar-refractivity contribution in [3.8, 4) is 0 Å². The Hall–Kier alpha value is -2.02. The van der Waals surface area contributed by atoms with Crippen molar-refractivity contribution >= 4 is 15.7 Å². The Bertz CT molecular complexity index is 738. The van der Waals surface area contributed by atoms with Gasteiger partial charge >= 0.3 is 6.18 Å². The summed E-state index contributed by atoms with van der Waals surface area (Å²) in [6, 6.07) is 9.98. The first-order valence-corrected chi connectivity index (χ1v) is 7.29. The maximum absolute atomic E-state index is 12.9. The summed E-state index contributed by atoms with van der Waals surface area (Å²) in [7, 11) is -4.33. The van der Waals surface area contributed by atoms with E-state index in [1.54, 1.807) is 12.1 Å². The lowest BCUT2D eigenvalue weighted by molar-refractivity contribution is -0.139. The molecule has 0 bridgehead atoms. The first kappa shape index (κ1) is 15.4. The molecule has 0 aliphatic heterocycles. The number of hydrogen-bond donors (Lipinski definition) is 1. The predicted molar refractivity (Wildman–Crippen MR) is 73.2 cm³/mol. The number of anilines is 1. The molecule has 1 radical (unpaired) electrons. The number of nitrogens with one attached hydrogen (secondary N) is 1. The zero-order valence-electron chi connectivity index (χ0n) is 10.7. The Labute approximate surface area is 120 Å². The monoisotopic (exact) mass is 314 g/mol. The van der Waals surface area contributed by atoms with E-state index in [2.05, 4.69) is 11.6 Å². The molecular weight excluding hydrogens is 303 g/mol. The third-order valence-corrected chi connectivity index (χ3v) is 4.13. The van der Waals surface area contributed by atoms with Gasteiger partial charge in [0, 0.05) is 5.69 Å². The number of sulfonamides is 1. The van der Waals surface area contributed by atoms with Crippen molar-refractivity contribution in [2.75, 3.05) is 4.72 Å². The van der Waals surface area contributed by atoms with Gasteiger partial charge in [-0.1, -0.05) is 24.3 Å². The van der Waals surface area contributed by atoms with Gasteiger partial charge in [0.25, 0.3) is 10.0 Å². The molecule has 0 heterocycles. The van der Waals surface area contributed by atoms with Gasteiger partial charge in [-0.3, -0.25) is 4.72 Å². The molecule has 0 saturated carbocycles. The average Bonchev–Trinajstić information content (AvgIpc) is 2.40. The SMILES string of the molecule is [CH2]c1ccc(NS(=O)(=O)c2ccccc2C(F)(F)F)cc1. The standard InChI is InChI=1S/C14H11F3NO2S/c1-10-6-8-11(9-7-10)18-21(19,20)13-5-3-2-4-12(13)14(15,16)17/h2-9,18H,1H2. The van der Waals surface area contributed by atoms with Crippen molar-refractivity contribution in [1.82, 2.24) is 0 Å². The molecule has 21 heavy (non-hydrogen) atoms. The molecule has 0 aliphatic rings. The van der Waals surface area contributed by atoms with Crippen LogP contribution in [0, 0.1) is 6.92 Å². The van der Waals surface area contributed by atoms with E-state index < -0.39 is 26.7 Å². The van der Waals surface area contributed by atoms with Crippen LogP contribution in [0.15, 0.2) is 53.4 Å². The third kappa shape index (κ3) is 3.55. The minimum absolute atomic E-state index is 0.166. The molecule has 1 N–H and O–H groups in total. The van der Waals surface area contributed by atoms with Gasteiger partial charge in [0.1, 0.15) is 0 Å². The van der Waals surface area contributed by atoms with Crippen LogP contribution >= 0.6 is 0 Å². The smallest absolute Gasteiger partial charge is 0.280 e. The normalized spacial score (nSPS) is 12.2. The summed E-state index contributed by atoms with van der Waals surface area (Å²) in [5.41, 5.74) is -0.376. The van der Waals surface area contributed by atoms with Crippen molar-refractivity contribution in [3.63, 3.8) is 0 Å². The maximum Gasteiger partial charge on any atom is 0.417 e. The summed E-state index contributed by atoms with van der Waals surface area (Å²) in [6.45, 7) is 3.64.